The van der Waals surface area contributed by atoms with Gasteiger partial charge >= 0.3 is 5.97 Å². The SMILES string of the molecule is CCOC(=O)c1nnc2n1-c1ccc(OCc3cccc(F)c3)cc1CC2. The van der Waals surface area contributed by atoms with Crippen molar-refractivity contribution in [1.29, 1.82) is 0 Å². The number of hydrogen-bond donors (Lipinski definition) is 0. The van der Waals surface area contributed by atoms with Gasteiger partial charge < -0.3 is 9.47 Å². The molecule has 0 spiro atoms. The molecule has 1 aliphatic rings. The van der Waals surface area contributed by atoms with Crippen LogP contribution in [0.1, 0.15) is 34.5 Å². The van der Waals surface area contributed by atoms with Crippen LogP contribution in [0.15, 0.2) is 42.5 Å². The number of ether oxygens (including phenoxy) is 2. The number of esters is 1. The molecule has 0 saturated carbocycles. The van der Waals surface area contributed by atoms with Crippen LogP contribution in [-0.2, 0) is 24.2 Å². The van der Waals surface area contributed by atoms with E-state index in [0.29, 0.717) is 12.2 Å². The second kappa shape index (κ2) is 7.19. The van der Waals surface area contributed by atoms with Crippen LogP contribution < -0.4 is 4.74 Å². The van der Waals surface area contributed by atoms with Crippen LogP contribution in [0.4, 0.5) is 4.39 Å². The van der Waals surface area contributed by atoms with Gasteiger partial charge in [-0.1, -0.05) is 12.1 Å². The monoisotopic (exact) mass is 367 g/mol. The molecule has 0 bridgehead atoms. The minimum absolute atomic E-state index is 0.182. The lowest BCUT2D eigenvalue weighted by atomic mass is 10.0. The highest BCUT2D eigenvalue weighted by Crippen LogP contribution is 2.29. The van der Waals surface area contributed by atoms with Gasteiger partial charge in [-0.15, -0.1) is 10.2 Å². The van der Waals surface area contributed by atoms with Crippen LogP contribution in [0.5, 0.6) is 5.75 Å². The standard InChI is InChI=1S/C20H18FN3O3/c1-2-26-20(25)19-23-22-18-9-6-14-11-16(7-8-17(14)24(18)19)27-12-13-4-3-5-15(21)10-13/h3-5,7-8,10-11H,2,6,9,12H2,1H3. The second-order valence-electron chi connectivity index (χ2n) is 6.20. The quantitative estimate of drug-likeness (QED) is 0.648. The third-order valence-corrected chi connectivity index (χ3v) is 4.39. The lowest BCUT2D eigenvalue weighted by molar-refractivity contribution is 0.0509. The molecule has 1 aliphatic heterocycles. The Morgan fingerprint density at radius 3 is 2.89 bits per heavy atom. The summed E-state index contributed by atoms with van der Waals surface area (Å²) in [5.74, 6) is 0.830. The Balaban J connectivity index is 1.59. The maximum Gasteiger partial charge on any atom is 0.376 e. The summed E-state index contributed by atoms with van der Waals surface area (Å²) in [6, 6.07) is 12.0. The Morgan fingerprint density at radius 1 is 1.19 bits per heavy atom. The minimum atomic E-state index is -0.490. The molecular formula is C20H18FN3O3. The molecule has 0 fully saturated rings. The Labute approximate surface area is 155 Å². The maximum atomic E-state index is 13.3. The van der Waals surface area contributed by atoms with Crippen LogP contribution in [0, 0.1) is 5.82 Å². The number of halogens is 1. The number of hydrogen-bond acceptors (Lipinski definition) is 5. The lowest BCUT2D eigenvalue weighted by Crippen LogP contribution is -2.18. The average molecular weight is 367 g/mol. The molecule has 27 heavy (non-hydrogen) atoms. The van der Waals surface area contributed by atoms with Crippen molar-refractivity contribution in [2.45, 2.75) is 26.4 Å². The van der Waals surface area contributed by atoms with Crippen molar-refractivity contribution in [2.24, 2.45) is 0 Å². The number of aromatic nitrogens is 3. The molecule has 0 unspecified atom stereocenters. The van der Waals surface area contributed by atoms with Gasteiger partial charge in [-0.3, -0.25) is 4.57 Å². The van der Waals surface area contributed by atoms with Crippen LogP contribution in [0.2, 0.25) is 0 Å². The predicted octanol–water partition coefficient (Wildman–Crippen LogP) is 3.26. The second-order valence-corrected chi connectivity index (χ2v) is 6.20. The lowest BCUT2D eigenvalue weighted by Gasteiger charge is -2.20. The molecule has 0 atom stereocenters. The fourth-order valence-electron chi connectivity index (χ4n) is 3.17. The topological polar surface area (TPSA) is 66.2 Å². The third-order valence-electron chi connectivity index (χ3n) is 4.39. The van der Waals surface area contributed by atoms with E-state index in [1.807, 2.05) is 24.3 Å². The first kappa shape index (κ1) is 17.2. The molecule has 0 radical (unpaired) electrons. The molecule has 0 aliphatic carbocycles. The van der Waals surface area contributed by atoms with E-state index < -0.39 is 5.97 Å². The van der Waals surface area contributed by atoms with Crippen LogP contribution in [-0.4, -0.2) is 27.3 Å². The van der Waals surface area contributed by atoms with Crippen LogP contribution in [0.3, 0.4) is 0 Å². The van der Waals surface area contributed by atoms with Crippen molar-refractivity contribution in [3.63, 3.8) is 0 Å². The molecule has 138 valence electrons. The van der Waals surface area contributed by atoms with E-state index in [9.17, 15) is 9.18 Å². The van der Waals surface area contributed by atoms with Gasteiger partial charge in [0, 0.05) is 6.42 Å². The number of benzene rings is 2. The fraction of sp³-hybridized carbons (Fsp3) is 0.250. The number of carbonyl (C=O) groups is 1. The van der Waals surface area contributed by atoms with Gasteiger partial charge in [0.1, 0.15) is 24.0 Å². The molecule has 3 aromatic rings. The van der Waals surface area contributed by atoms with Crippen molar-refractivity contribution in [2.75, 3.05) is 6.61 Å². The zero-order valence-electron chi connectivity index (χ0n) is 14.8. The molecule has 0 amide bonds. The number of nitrogens with zero attached hydrogens (tertiary/aromatic N) is 3. The minimum Gasteiger partial charge on any atom is -0.489 e. The Hall–Kier alpha value is -3.22. The molecule has 1 aromatic heterocycles. The van der Waals surface area contributed by atoms with E-state index in [-0.39, 0.29) is 24.9 Å². The third kappa shape index (κ3) is 3.40. The van der Waals surface area contributed by atoms with Crippen molar-refractivity contribution in [3.05, 3.63) is 71.1 Å². The Kier molecular flexibility index (Phi) is 4.58. The molecule has 2 heterocycles. The largest absolute Gasteiger partial charge is 0.489 e. The van der Waals surface area contributed by atoms with Crippen molar-refractivity contribution < 1.29 is 18.7 Å². The van der Waals surface area contributed by atoms with Crippen LogP contribution >= 0.6 is 0 Å². The van der Waals surface area contributed by atoms with E-state index >= 15 is 0 Å². The summed E-state index contributed by atoms with van der Waals surface area (Å²) < 4.78 is 25.9. The van der Waals surface area contributed by atoms with E-state index in [4.69, 9.17) is 9.47 Å². The summed E-state index contributed by atoms with van der Waals surface area (Å²) in [6.45, 7) is 2.31. The smallest absolute Gasteiger partial charge is 0.376 e. The Bertz CT molecular complexity index is 1000. The van der Waals surface area contributed by atoms with Crippen molar-refractivity contribution in [1.82, 2.24) is 14.8 Å². The normalized spacial score (nSPS) is 12.2. The van der Waals surface area contributed by atoms with Crippen molar-refractivity contribution in [3.8, 4) is 11.4 Å². The van der Waals surface area contributed by atoms with Gasteiger partial charge in [0.2, 0.25) is 5.82 Å². The van der Waals surface area contributed by atoms with Gasteiger partial charge in [-0.2, -0.15) is 0 Å². The number of rotatable bonds is 5. The molecule has 4 rings (SSSR count). The number of carbonyl (C=O) groups excluding carboxylic acids is 1. The molecule has 6 nitrogen and oxygen atoms in total. The highest BCUT2D eigenvalue weighted by molar-refractivity contribution is 5.86. The van der Waals surface area contributed by atoms with E-state index in [2.05, 4.69) is 10.2 Å². The summed E-state index contributed by atoms with van der Waals surface area (Å²) >= 11 is 0. The highest BCUT2D eigenvalue weighted by Gasteiger charge is 2.26. The summed E-state index contributed by atoms with van der Waals surface area (Å²) in [4.78, 5) is 12.1. The maximum absolute atomic E-state index is 13.3. The van der Waals surface area contributed by atoms with Crippen LogP contribution in [0.25, 0.3) is 5.69 Å². The first-order valence-electron chi connectivity index (χ1n) is 8.77. The van der Waals surface area contributed by atoms with E-state index in [0.717, 1.165) is 29.1 Å². The van der Waals surface area contributed by atoms with E-state index in [1.165, 1.54) is 12.1 Å². The van der Waals surface area contributed by atoms with Gasteiger partial charge in [-0.25, -0.2) is 9.18 Å². The Morgan fingerprint density at radius 2 is 2.07 bits per heavy atom. The summed E-state index contributed by atoms with van der Waals surface area (Å²) in [6.07, 6.45) is 1.44. The summed E-state index contributed by atoms with van der Waals surface area (Å²) in [5, 5.41) is 8.10. The highest BCUT2D eigenvalue weighted by atomic mass is 19.1. The zero-order chi connectivity index (χ0) is 18.8. The number of fused-ring (bicyclic) bond motifs is 3. The molecule has 0 N–H and O–H groups in total. The predicted molar refractivity (Wildman–Crippen MR) is 95.5 cm³/mol. The average Bonchev–Trinajstić information content (AvgIpc) is 3.11. The molecule has 7 heteroatoms. The fourth-order valence-corrected chi connectivity index (χ4v) is 3.17. The number of aryl methyl sites for hydroxylation is 2. The van der Waals surface area contributed by atoms with Gasteiger partial charge in [-0.05, 0) is 54.8 Å². The van der Waals surface area contributed by atoms with E-state index in [1.54, 1.807) is 17.6 Å². The molecular weight excluding hydrogens is 349 g/mol. The molecule has 2 aromatic carbocycles. The summed E-state index contributed by atoms with van der Waals surface area (Å²) in [7, 11) is 0. The van der Waals surface area contributed by atoms with Gasteiger partial charge in [0.15, 0.2) is 0 Å². The first-order valence-corrected chi connectivity index (χ1v) is 8.77. The molecule has 0 saturated heterocycles. The zero-order valence-corrected chi connectivity index (χ0v) is 14.8. The first-order chi connectivity index (χ1) is 13.2. The van der Waals surface area contributed by atoms with Crippen molar-refractivity contribution >= 4 is 5.97 Å². The van der Waals surface area contributed by atoms with Gasteiger partial charge in [0.25, 0.3) is 0 Å². The summed E-state index contributed by atoms with van der Waals surface area (Å²) in [5.41, 5.74) is 2.64. The van der Waals surface area contributed by atoms with Gasteiger partial charge in [0.05, 0.1) is 12.3 Å².